The predicted octanol–water partition coefficient (Wildman–Crippen LogP) is 3.94. The Morgan fingerprint density at radius 2 is 1.71 bits per heavy atom. The van der Waals surface area contributed by atoms with Crippen LogP contribution >= 0.6 is 0 Å². The van der Waals surface area contributed by atoms with Gasteiger partial charge < -0.3 is 20.2 Å². The summed E-state index contributed by atoms with van der Waals surface area (Å²) in [4.78, 5) is 21.6. The third kappa shape index (κ3) is 2.85. The van der Waals surface area contributed by atoms with Crippen LogP contribution in [0.5, 0.6) is 11.5 Å². The number of anilines is 1. The van der Waals surface area contributed by atoms with Crippen molar-refractivity contribution in [1.82, 2.24) is 35.1 Å². The van der Waals surface area contributed by atoms with Gasteiger partial charge in [-0.1, -0.05) is 6.07 Å². The lowest BCUT2D eigenvalue weighted by atomic mass is 10.1. The van der Waals surface area contributed by atoms with E-state index in [1.807, 2.05) is 36.4 Å². The van der Waals surface area contributed by atoms with Crippen LogP contribution in [0.25, 0.3) is 56.0 Å². The molecular formula is C24H16N8O2. The normalized spacial score (nSPS) is 12.6. The first-order chi connectivity index (χ1) is 16.7. The zero-order valence-electron chi connectivity index (χ0n) is 17.6. The van der Waals surface area contributed by atoms with E-state index in [9.17, 15) is 0 Å². The number of H-pyrrole nitrogens is 2. The number of hydrogen-bond donors (Lipinski definition) is 3. The largest absolute Gasteiger partial charge is 0.454 e. The summed E-state index contributed by atoms with van der Waals surface area (Å²) in [5, 5.41) is 7.52. The predicted molar refractivity (Wildman–Crippen MR) is 126 cm³/mol. The first-order valence-electron chi connectivity index (χ1n) is 10.5. The molecule has 0 unspecified atom stereocenters. The fourth-order valence-electron chi connectivity index (χ4n) is 4.14. The Labute approximate surface area is 191 Å². The van der Waals surface area contributed by atoms with E-state index >= 15 is 0 Å². The molecule has 0 saturated carbocycles. The molecule has 164 valence electrons. The summed E-state index contributed by atoms with van der Waals surface area (Å²) in [5.74, 6) is 2.02. The molecule has 0 radical (unpaired) electrons. The average molecular weight is 448 g/mol. The number of aromatic amines is 2. The fourth-order valence-corrected chi connectivity index (χ4v) is 4.14. The van der Waals surface area contributed by atoms with Crippen LogP contribution in [0.3, 0.4) is 0 Å². The number of nitrogen functional groups attached to an aromatic ring is 1. The van der Waals surface area contributed by atoms with Gasteiger partial charge in [-0.2, -0.15) is 5.10 Å². The molecule has 0 aliphatic carbocycles. The van der Waals surface area contributed by atoms with Gasteiger partial charge in [-0.15, -0.1) is 0 Å². The van der Waals surface area contributed by atoms with Crippen molar-refractivity contribution in [2.24, 2.45) is 0 Å². The molecule has 1 aliphatic rings. The molecule has 6 aromatic rings. The van der Waals surface area contributed by atoms with Gasteiger partial charge in [-0.05, 0) is 35.9 Å². The molecule has 0 atom stereocenters. The van der Waals surface area contributed by atoms with E-state index in [1.54, 1.807) is 24.8 Å². The fraction of sp³-hybridized carbons (Fsp3) is 0.0417. The highest BCUT2D eigenvalue weighted by Gasteiger charge is 2.19. The number of rotatable bonds is 3. The number of nitrogens with zero attached hydrogens (tertiary/aromatic N) is 5. The van der Waals surface area contributed by atoms with Gasteiger partial charge in [0.1, 0.15) is 5.52 Å². The molecule has 7 rings (SSSR count). The minimum atomic E-state index is 0.223. The molecule has 0 spiro atoms. The minimum Gasteiger partial charge on any atom is -0.454 e. The summed E-state index contributed by atoms with van der Waals surface area (Å²) in [6.45, 7) is 0.223. The van der Waals surface area contributed by atoms with Gasteiger partial charge >= 0.3 is 0 Å². The van der Waals surface area contributed by atoms with Crippen LogP contribution in [-0.2, 0) is 0 Å². The van der Waals surface area contributed by atoms with Gasteiger partial charge in [0.2, 0.25) is 6.79 Å². The smallest absolute Gasteiger partial charge is 0.231 e. The van der Waals surface area contributed by atoms with Crippen molar-refractivity contribution in [3.63, 3.8) is 0 Å². The SMILES string of the molecule is Nc1cncc(-c2ccc3[nH]nc(-c4nc5c(-c6ccc7c(c6)OCO7)cncc5[nH]4)c3n2)c1. The second-order valence-corrected chi connectivity index (χ2v) is 7.91. The number of aromatic nitrogens is 7. The van der Waals surface area contributed by atoms with E-state index in [1.165, 1.54) is 0 Å². The molecule has 5 aromatic heterocycles. The van der Waals surface area contributed by atoms with Crippen LogP contribution < -0.4 is 15.2 Å². The van der Waals surface area contributed by atoms with Gasteiger partial charge in [-0.3, -0.25) is 15.1 Å². The molecule has 0 bridgehead atoms. The molecule has 0 fully saturated rings. The molecule has 34 heavy (non-hydrogen) atoms. The maximum Gasteiger partial charge on any atom is 0.231 e. The van der Waals surface area contributed by atoms with Crippen LogP contribution in [-0.4, -0.2) is 41.9 Å². The second kappa shape index (κ2) is 7.01. The van der Waals surface area contributed by atoms with Crippen LogP contribution in [0.1, 0.15) is 0 Å². The molecular weight excluding hydrogens is 432 g/mol. The maximum absolute atomic E-state index is 5.90. The van der Waals surface area contributed by atoms with Crippen LogP contribution in [0.4, 0.5) is 5.69 Å². The van der Waals surface area contributed by atoms with Crippen molar-refractivity contribution in [2.75, 3.05) is 12.5 Å². The third-order valence-corrected chi connectivity index (χ3v) is 5.76. The molecule has 1 aliphatic heterocycles. The van der Waals surface area contributed by atoms with Crippen molar-refractivity contribution in [3.8, 4) is 45.4 Å². The summed E-state index contributed by atoms with van der Waals surface area (Å²) in [6, 6.07) is 11.5. The summed E-state index contributed by atoms with van der Waals surface area (Å²) < 4.78 is 11.0. The second-order valence-electron chi connectivity index (χ2n) is 7.91. The number of nitrogens with one attached hydrogen (secondary N) is 2. The van der Waals surface area contributed by atoms with Crippen molar-refractivity contribution in [2.45, 2.75) is 0 Å². The zero-order valence-corrected chi connectivity index (χ0v) is 17.6. The Hall–Kier alpha value is -4.99. The summed E-state index contributed by atoms with van der Waals surface area (Å²) in [7, 11) is 0. The number of ether oxygens (including phenoxy) is 2. The number of fused-ring (bicyclic) bond motifs is 3. The maximum atomic E-state index is 5.90. The Kier molecular flexibility index (Phi) is 3.83. The standard InChI is InChI=1S/C24H16N8O2/c25-14-5-13(7-26-8-14)16-2-3-17-22(28-16)23(32-31-17)24-29-18-10-27-9-15(21(18)30-24)12-1-4-19-20(6-12)34-11-33-19/h1-10H,11,25H2,(H,29,30)(H,31,32). The zero-order chi connectivity index (χ0) is 22.6. The van der Waals surface area contributed by atoms with Gasteiger partial charge in [0.05, 0.1) is 34.1 Å². The van der Waals surface area contributed by atoms with Gasteiger partial charge in [0, 0.05) is 29.7 Å². The molecule has 0 saturated heterocycles. The highest BCUT2D eigenvalue weighted by molar-refractivity contribution is 5.96. The first-order valence-corrected chi connectivity index (χ1v) is 10.5. The summed E-state index contributed by atoms with van der Waals surface area (Å²) in [6.07, 6.45) is 6.87. The van der Waals surface area contributed by atoms with Gasteiger partial charge in [-0.25, -0.2) is 9.97 Å². The summed E-state index contributed by atoms with van der Waals surface area (Å²) >= 11 is 0. The Balaban J connectivity index is 1.36. The Bertz CT molecular complexity index is 1720. The van der Waals surface area contributed by atoms with Gasteiger partial charge in [0.25, 0.3) is 0 Å². The van der Waals surface area contributed by atoms with E-state index in [4.69, 9.17) is 25.2 Å². The topological polar surface area (TPSA) is 141 Å². The van der Waals surface area contributed by atoms with Crippen molar-refractivity contribution in [3.05, 3.63) is 61.2 Å². The minimum absolute atomic E-state index is 0.223. The quantitative estimate of drug-likeness (QED) is 0.370. The number of pyridine rings is 3. The number of benzene rings is 1. The van der Waals surface area contributed by atoms with E-state index in [2.05, 4.69) is 25.1 Å². The lowest BCUT2D eigenvalue weighted by molar-refractivity contribution is 0.174. The van der Waals surface area contributed by atoms with Crippen LogP contribution in [0.15, 0.2) is 61.2 Å². The highest BCUT2D eigenvalue weighted by atomic mass is 16.7. The lowest BCUT2D eigenvalue weighted by Gasteiger charge is -2.03. The van der Waals surface area contributed by atoms with E-state index in [0.717, 1.165) is 44.7 Å². The van der Waals surface area contributed by atoms with Crippen LogP contribution in [0.2, 0.25) is 0 Å². The third-order valence-electron chi connectivity index (χ3n) is 5.76. The highest BCUT2D eigenvalue weighted by Crippen LogP contribution is 2.38. The summed E-state index contributed by atoms with van der Waals surface area (Å²) in [5.41, 5.74) is 13.5. The molecule has 10 heteroatoms. The molecule has 10 nitrogen and oxygen atoms in total. The number of hydrogen-bond acceptors (Lipinski definition) is 8. The first kappa shape index (κ1) is 18.6. The molecule has 0 amide bonds. The van der Waals surface area contributed by atoms with Gasteiger partial charge in [0.15, 0.2) is 23.0 Å². The van der Waals surface area contributed by atoms with Crippen molar-refractivity contribution < 1.29 is 9.47 Å². The number of nitrogens with two attached hydrogens (primary N) is 1. The Morgan fingerprint density at radius 3 is 2.65 bits per heavy atom. The lowest BCUT2D eigenvalue weighted by Crippen LogP contribution is -1.92. The van der Waals surface area contributed by atoms with E-state index in [0.29, 0.717) is 28.5 Å². The molecule has 1 aromatic carbocycles. The van der Waals surface area contributed by atoms with Crippen LogP contribution in [0, 0.1) is 0 Å². The average Bonchev–Trinajstić information content (AvgIpc) is 3.60. The van der Waals surface area contributed by atoms with Crippen molar-refractivity contribution >= 4 is 27.8 Å². The molecule has 4 N–H and O–H groups in total. The van der Waals surface area contributed by atoms with Crippen molar-refractivity contribution in [1.29, 1.82) is 0 Å². The van der Waals surface area contributed by atoms with E-state index in [-0.39, 0.29) is 6.79 Å². The monoisotopic (exact) mass is 448 g/mol. The number of imidazole rings is 1. The molecule has 6 heterocycles. The Morgan fingerprint density at radius 1 is 0.794 bits per heavy atom. The van der Waals surface area contributed by atoms with E-state index < -0.39 is 0 Å².